The molecule has 1 unspecified atom stereocenters. The Kier molecular flexibility index (Phi) is 3.70. The number of hydrogen-bond donors (Lipinski definition) is 1. The van der Waals surface area contributed by atoms with Crippen LogP contribution >= 0.6 is 0 Å². The molecule has 1 rings (SSSR count). The molecular formula is C13H18O3. The molecular weight excluding hydrogens is 204 g/mol. The van der Waals surface area contributed by atoms with E-state index in [9.17, 15) is 9.90 Å². The lowest BCUT2D eigenvalue weighted by atomic mass is 9.91. The van der Waals surface area contributed by atoms with E-state index in [1.54, 1.807) is 6.92 Å². The van der Waals surface area contributed by atoms with Crippen LogP contribution in [0.15, 0.2) is 18.2 Å². The van der Waals surface area contributed by atoms with Gasteiger partial charge in [0.15, 0.2) is 5.60 Å². The molecule has 0 radical (unpaired) electrons. The number of esters is 1. The molecule has 0 heterocycles. The highest BCUT2D eigenvalue weighted by Gasteiger charge is 2.35. The zero-order valence-electron chi connectivity index (χ0n) is 10.2. The maximum absolute atomic E-state index is 11.7. The first-order chi connectivity index (χ1) is 7.39. The van der Waals surface area contributed by atoms with Crippen LogP contribution < -0.4 is 0 Å². The number of hydrogen-bond acceptors (Lipinski definition) is 3. The second-order valence-electron chi connectivity index (χ2n) is 4.11. The smallest absolute Gasteiger partial charge is 0.342 e. The number of carbonyl (C=O) groups excluding carboxylic acids is 1. The van der Waals surface area contributed by atoms with E-state index < -0.39 is 11.6 Å². The minimum absolute atomic E-state index is 0.264. The monoisotopic (exact) mass is 222 g/mol. The highest BCUT2D eigenvalue weighted by Crippen LogP contribution is 2.26. The fourth-order valence-electron chi connectivity index (χ4n) is 1.64. The Morgan fingerprint density at radius 1 is 1.44 bits per heavy atom. The van der Waals surface area contributed by atoms with Crippen LogP contribution in [0.25, 0.3) is 0 Å². The largest absolute Gasteiger partial charge is 0.464 e. The summed E-state index contributed by atoms with van der Waals surface area (Å²) in [5.74, 6) is -0.608. The lowest BCUT2D eigenvalue weighted by Crippen LogP contribution is -2.34. The molecule has 0 saturated heterocycles. The maximum Gasteiger partial charge on any atom is 0.342 e. The number of rotatable bonds is 3. The Balaban J connectivity index is 3.15. The fraction of sp³-hybridized carbons (Fsp3) is 0.462. The standard InChI is InChI=1S/C13H18O3/c1-5-16-12(14)13(4,15)11-8-9(2)6-7-10(11)3/h6-8,15H,5H2,1-4H3. The summed E-state index contributed by atoms with van der Waals surface area (Å²) >= 11 is 0. The molecule has 3 nitrogen and oxygen atoms in total. The third kappa shape index (κ3) is 2.42. The van der Waals surface area contributed by atoms with E-state index in [4.69, 9.17) is 4.74 Å². The Bertz CT molecular complexity index is 394. The summed E-state index contributed by atoms with van der Waals surface area (Å²) < 4.78 is 4.87. The van der Waals surface area contributed by atoms with Gasteiger partial charge in [-0.05, 0) is 38.8 Å². The van der Waals surface area contributed by atoms with Crippen molar-refractivity contribution < 1.29 is 14.6 Å². The van der Waals surface area contributed by atoms with E-state index in [1.165, 1.54) is 6.92 Å². The predicted molar refractivity (Wildman–Crippen MR) is 62.1 cm³/mol. The van der Waals surface area contributed by atoms with Gasteiger partial charge in [-0.3, -0.25) is 0 Å². The second-order valence-corrected chi connectivity index (χ2v) is 4.11. The molecule has 0 bridgehead atoms. The van der Waals surface area contributed by atoms with Gasteiger partial charge in [0, 0.05) is 0 Å². The lowest BCUT2D eigenvalue weighted by Gasteiger charge is -2.23. The average Bonchev–Trinajstić information content (AvgIpc) is 2.22. The number of benzene rings is 1. The molecule has 0 amide bonds. The quantitative estimate of drug-likeness (QED) is 0.796. The average molecular weight is 222 g/mol. The van der Waals surface area contributed by atoms with E-state index in [0.717, 1.165) is 11.1 Å². The minimum atomic E-state index is -1.58. The summed E-state index contributed by atoms with van der Waals surface area (Å²) in [6.07, 6.45) is 0. The SMILES string of the molecule is CCOC(=O)C(C)(O)c1cc(C)ccc1C. The molecule has 0 saturated carbocycles. The van der Waals surface area contributed by atoms with Crippen molar-refractivity contribution in [3.05, 3.63) is 34.9 Å². The van der Waals surface area contributed by atoms with Crippen molar-refractivity contribution in [3.63, 3.8) is 0 Å². The van der Waals surface area contributed by atoms with Gasteiger partial charge >= 0.3 is 5.97 Å². The third-order valence-electron chi connectivity index (χ3n) is 2.59. The maximum atomic E-state index is 11.7. The molecule has 0 aliphatic carbocycles. The van der Waals surface area contributed by atoms with Crippen LogP contribution in [0.4, 0.5) is 0 Å². The van der Waals surface area contributed by atoms with E-state index in [0.29, 0.717) is 5.56 Å². The zero-order valence-corrected chi connectivity index (χ0v) is 10.2. The third-order valence-corrected chi connectivity index (χ3v) is 2.59. The summed E-state index contributed by atoms with van der Waals surface area (Å²) in [5.41, 5.74) is 0.909. The highest BCUT2D eigenvalue weighted by atomic mass is 16.5. The van der Waals surface area contributed by atoms with Gasteiger partial charge in [0.25, 0.3) is 0 Å². The summed E-state index contributed by atoms with van der Waals surface area (Å²) in [5, 5.41) is 10.2. The number of ether oxygens (including phenoxy) is 1. The van der Waals surface area contributed by atoms with Crippen molar-refractivity contribution >= 4 is 5.97 Å². The van der Waals surface area contributed by atoms with Crippen molar-refractivity contribution in [3.8, 4) is 0 Å². The number of carbonyl (C=O) groups is 1. The summed E-state index contributed by atoms with van der Waals surface area (Å²) in [6, 6.07) is 5.64. The summed E-state index contributed by atoms with van der Waals surface area (Å²) in [6.45, 7) is 7.23. The van der Waals surface area contributed by atoms with Crippen molar-refractivity contribution in [2.24, 2.45) is 0 Å². The van der Waals surface area contributed by atoms with Crippen molar-refractivity contribution in [2.45, 2.75) is 33.3 Å². The van der Waals surface area contributed by atoms with E-state index in [2.05, 4.69) is 0 Å². The molecule has 88 valence electrons. The molecule has 1 atom stereocenters. The van der Waals surface area contributed by atoms with Crippen LogP contribution in [0.1, 0.15) is 30.5 Å². The molecule has 0 aliphatic rings. The Labute approximate surface area is 96.1 Å². The van der Waals surface area contributed by atoms with Gasteiger partial charge in [-0.15, -0.1) is 0 Å². The minimum Gasteiger partial charge on any atom is -0.464 e. The van der Waals surface area contributed by atoms with Crippen molar-refractivity contribution in [1.82, 2.24) is 0 Å². The van der Waals surface area contributed by atoms with Gasteiger partial charge in [-0.25, -0.2) is 4.79 Å². The first-order valence-electron chi connectivity index (χ1n) is 5.37. The summed E-state index contributed by atoms with van der Waals surface area (Å²) in [4.78, 5) is 11.7. The van der Waals surface area contributed by atoms with Crippen LogP contribution in [-0.4, -0.2) is 17.7 Å². The number of aliphatic hydroxyl groups is 1. The first-order valence-corrected chi connectivity index (χ1v) is 5.37. The first kappa shape index (κ1) is 12.7. The van der Waals surface area contributed by atoms with Crippen molar-refractivity contribution in [1.29, 1.82) is 0 Å². The molecule has 16 heavy (non-hydrogen) atoms. The molecule has 1 N–H and O–H groups in total. The zero-order chi connectivity index (χ0) is 12.3. The lowest BCUT2D eigenvalue weighted by molar-refractivity contribution is -0.164. The highest BCUT2D eigenvalue weighted by molar-refractivity contribution is 5.81. The van der Waals surface area contributed by atoms with E-state index in [-0.39, 0.29) is 6.61 Å². The normalized spacial score (nSPS) is 14.3. The van der Waals surface area contributed by atoms with Gasteiger partial charge in [0.1, 0.15) is 0 Å². The van der Waals surface area contributed by atoms with Gasteiger partial charge < -0.3 is 9.84 Å². The number of aryl methyl sites for hydroxylation is 2. The van der Waals surface area contributed by atoms with Gasteiger partial charge in [0.05, 0.1) is 6.61 Å². The topological polar surface area (TPSA) is 46.5 Å². The van der Waals surface area contributed by atoms with E-state index in [1.807, 2.05) is 32.0 Å². The predicted octanol–water partition coefficient (Wildman–Crippen LogP) is 2.07. The molecule has 1 aromatic rings. The van der Waals surface area contributed by atoms with E-state index >= 15 is 0 Å². The van der Waals surface area contributed by atoms with Gasteiger partial charge in [0.2, 0.25) is 0 Å². The van der Waals surface area contributed by atoms with Crippen LogP contribution in [0, 0.1) is 13.8 Å². The van der Waals surface area contributed by atoms with Crippen LogP contribution in [0.3, 0.4) is 0 Å². The molecule has 0 fully saturated rings. The fourth-order valence-corrected chi connectivity index (χ4v) is 1.64. The Morgan fingerprint density at radius 3 is 2.62 bits per heavy atom. The molecule has 0 aromatic heterocycles. The summed E-state index contributed by atoms with van der Waals surface area (Å²) in [7, 11) is 0. The van der Waals surface area contributed by atoms with Crippen LogP contribution in [-0.2, 0) is 15.1 Å². The molecule has 0 aliphatic heterocycles. The molecule has 0 spiro atoms. The van der Waals surface area contributed by atoms with Gasteiger partial charge in [-0.1, -0.05) is 23.8 Å². The van der Waals surface area contributed by atoms with Crippen LogP contribution in [0.5, 0.6) is 0 Å². The molecule has 1 aromatic carbocycles. The second kappa shape index (κ2) is 4.66. The Morgan fingerprint density at radius 2 is 2.06 bits per heavy atom. The Hall–Kier alpha value is -1.35. The van der Waals surface area contributed by atoms with Gasteiger partial charge in [-0.2, -0.15) is 0 Å². The molecule has 3 heteroatoms. The van der Waals surface area contributed by atoms with Crippen LogP contribution in [0.2, 0.25) is 0 Å². The van der Waals surface area contributed by atoms with Crippen molar-refractivity contribution in [2.75, 3.05) is 6.61 Å².